The first-order valence-electron chi connectivity index (χ1n) is 10.7. The summed E-state index contributed by atoms with van der Waals surface area (Å²) in [6, 6.07) is 25.5. The molecule has 0 unspecified atom stereocenters. The summed E-state index contributed by atoms with van der Waals surface area (Å²) in [5.41, 5.74) is 8.81. The van der Waals surface area contributed by atoms with Crippen molar-refractivity contribution < 1.29 is 0 Å². The van der Waals surface area contributed by atoms with Crippen molar-refractivity contribution in [2.45, 2.75) is 51.4 Å². The molecule has 3 aromatic rings. The van der Waals surface area contributed by atoms with E-state index in [9.17, 15) is 0 Å². The van der Waals surface area contributed by atoms with Crippen molar-refractivity contribution in [2.75, 3.05) is 0 Å². The molecule has 0 amide bonds. The van der Waals surface area contributed by atoms with Crippen LogP contribution >= 0.6 is 0 Å². The largest absolute Gasteiger partial charge is 0.238 e. The molecule has 0 heterocycles. The predicted octanol–water partition coefficient (Wildman–Crippen LogP) is 8.18. The zero-order valence-corrected chi connectivity index (χ0v) is 18.4. The minimum atomic E-state index is 0.180. The van der Waals surface area contributed by atoms with Crippen molar-refractivity contribution in [1.82, 2.24) is 0 Å². The molecule has 0 saturated heterocycles. The van der Waals surface area contributed by atoms with E-state index in [1.807, 2.05) is 24.3 Å². The SMILES string of the molecule is [C-]#[N+]c1ccc(C=C(c2ccccc2)c2ccc3c(c2)C(C)(C)CCC3(C)C)cc1. The summed E-state index contributed by atoms with van der Waals surface area (Å²) in [6.45, 7) is 16.7. The van der Waals surface area contributed by atoms with Crippen LogP contribution in [0.1, 0.15) is 68.4 Å². The highest BCUT2D eigenvalue weighted by Crippen LogP contribution is 2.46. The number of rotatable bonds is 3. The first-order chi connectivity index (χ1) is 14.3. The Morgan fingerprint density at radius 2 is 1.40 bits per heavy atom. The van der Waals surface area contributed by atoms with Crippen LogP contribution < -0.4 is 0 Å². The molecule has 0 spiro atoms. The molecule has 0 radical (unpaired) electrons. The third kappa shape index (κ3) is 3.83. The molecule has 0 fully saturated rings. The van der Waals surface area contributed by atoms with Crippen LogP contribution in [0.5, 0.6) is 0 Å². The minimum Gasteiger partial charge on any atom is -0.238 e. The van der Waals surface area contributed by atoms with Crippen molar-refractivity contribution in [3.05, 3.63) is 112 Å². The lowest BCUT2D eigenvalue weighted by molar-refractivity contribution is 0.332. The number of hydrogen-bond donors (Lipinski definition) is 0. The highest BCUT2D eigenvalue weighted by molar-refractivity contribution is 5.92. The predicted molar refractivity (Wildman–Crippen MR) is 128 cm³/mol. The maximum Gasteiger partial charge on any atom is 0.187 e. The third-order valence-electron chi connectivity index (χ3n) is 6.58. The van der Waals surface area contributed by atoms with Gasteiger partial charge in [-0.15, -0.1) is 0 Å². The van der Waals surface area contributed by atoms with Gasteiger partial charge in [0.15, 0.2) is 5.69 Å². The van der Waals surface area contributed by atoms with Crippen LogP contribution in [-0.4, -0.2) is 0 Å². The van der Waals surface area contributed by atoms with Crippen LogP contribution in [0.2, 0.25) is 0 Å². The van der Waals surface area contributed by atoms with E-state index < -0.39 is 0 Å². The molecule has 0 aromatic heterocycles. The fourth-order valence-electron chi connectivity index (χ4n) is 4.52. The molecule has 150 valence electrons. The lowest BCUT2D eigenvalue weighted by atomic mass is 9.63. The zero-order chi connectivity index (χ0) is 21.4. The monoisotopic (exact) mass is 391 g/mol. The fourth-order valence-corrected chi connectivity index (χ4v) is 4.52. The molecule has 0 N–H and O–H groups in total. The molecule has 3 aromatic carbocycles. The van der Waals surface area contributed by atoms with Gasteiger partial charge in [-0.1, -0.05) is 100 Å². The van der Waals surface area contributed by atoms with Gasteiger partial charge < -0.3 is 0 Å². The lowest BCUT2D eigenvalue weighted by Crippen LogP contribution is -2.33. The number of hydrogen-bond acceptors (Lipinski definition) is 0. The van der Waals surface area contributed by atoms with E-state index in [4.69, 9.17) is 6.57 Å². The average Bonchev–Trinajstić information content (AvgIpc) is 2.76. The summed E-state index contributed by atoms with van der Waals surface area (Å²) in [6.07, 6.45) is 4.67. The van der Waals surface area contributed by atoms with Gasteiger partial charge in [-0.2, -0.15) is 0 Å². The quantitative estimate of drug-likeness (QED) is 0.313. The van der Waals surface area contributed by atoms with Crippen molar-refractivity contribution in [2.24, 2.45) is 0 Å². The Labute approximate surface area is 180 Å². The molecular weight excluding hydrogens is 362 g/mol. The molecule has 4 rings (SSSR count). The topological polar surface area (TPSA) is 4.36 Å². The Morgan fingerprint density at radius 1 is 0.767 bits per heavy atom. The van der Waals surface area contributed by atoms with Crippen LogP contribution in [-0.2, 0) is 10.8 Å². The third-order valence-corrected chi connectivity index (χ3v) is 6.58. The van der Waals surface area contributed by atoms with E-state index in [-0.39, 0.29) is 10.8 Å². The molecule has 0 aliphatic heterocycles. The van der Waals surface area contributed by atoms with Gasteiger partial charge in [0, 0.05) is 0 Å². The first-order valence-corrected chi connectivity index (χ1v) is 10.7. The van der Waals surface area contributed by atoms with E-state index in [1.165, 1.54) is 40.7 Å². The maximum absolute atomic E-state index is 7.19. The highest BCUT2D eigenvalue weighted by atomic mass is 14.6. The van der Waals surface area contributed by atoms with Gasteiger partial charge in [0.2, 0.25) is 0 Å². The molecule has 0 bridgehead atoms. The molecular formula is C29H29N. The molecule has 1 nitrogen and oxygen atoms in total. The Morgan fingerprint density at radius 3 is 2.03 bits per heavy atom. The van der Waals surface area contributed by atoms with Crippen LogP contribution in [0.25, 0.3) is 16.5 Å². The minimum absolute atomic E-state index is 0.180. The summed E-state index contributed by atoms with van der Waals surface area (Å²) in [4.78, 5) is 3.51. The van der Waals surface area contributed by atoms with Crippen molar-refractivity contribution in [1.29, 1.82) is 0 Å². The number of fused-ring (bicyclic) bond motifs is 1. The van der Waals surface area contributed by atoms with Gasteiger partial charge in [0.25, 0.3) is 0 Å². The Kier molecular flexibility index (Phi) is 5.12. The van der Waals surface area contributed by atoms with Crippen LogP contribution in [0.15, 0.2) is 72.8 Å². The van der Waals surface area contributed by atoms with Gasteiger partial charge in [-0.25, -0.2) is 4.85 Å². The summed E-state index contributed by atoms with van der Waals surface area (Å²) in [7, 11) is 0. The molecule has 1 aliphatic carbocycles. The number of benzene rings is 3. The van der Waals surface area contributed by atoms with Crippen LogP contribution in [0.3, 0.4) is 0 Å². The Hall–Kier alpha value is -3.11. The van der Waals surface area contributed by atoms with E-state index in [0.717, 1.165) is 5.56 Å². The van der Waals surface area contributed by atoms with Crippen molar-refractivity contribution >= 4 is 17.3 Å². The second-order valence-corrected chi connectivity index (χ2v) is 9.66. The van der Waals surface area contributed by atoms with Gasteiger partial charge in [0.05, 0.1) is 6.57 Å². The average molecular weight is 392 g/mol. The highest BCUT2D eigenvalue weighted by Gasteiger charge is 2.37. The Bertz CT molecular complexity index is 1120. The maximum atomic E-state index is 7.19. The van der Waals surface area contributed by atoms with Crippen molar-refractivity contribution in [3.8, 4) is 0 Å². The molecule has 1 aliphatic rings. The summed E-state index contributed by atoms with van der Waals surface area (Å²) in [5.74, 6) is 0. The second kappa shape index (κ2) is 7.62. The zero-order valence-electron chi connectivity index (χ0n) is 18.4. The molecule has 0 saturated carbocycles. The normalized spacial score (nSPS) is 17.1. The first kappa shape index (κ1) is 20.2. The van der Waals surface area contributed by atoms with E-state index in [1.54, 1.807) is 0 Å². The van der Waals surface area contributed by atoms with Crippen LogP contribution in [0.4, 0.5) is 5.69 Å². The van der Waals surface area contributed by atoms with E-state index in [0.29, 0.717) is 5.69 Å². The smallest absolute Gasteiger partial charge is 0.187 e. The summed E-state index contributed by atoms with van der Waals surface area (Å²) in [5, 5.41) is 0. The van der Waals surface area contributed by atoms with Gasteiger partial charge in [0.1, 0.15) is 0 Å². The standard InChI is InChI=1S/C29H29N/c1-28(2)17-18-29(3,4)27-20-23(13-16-26(27)28)25(22-9-7-6-8-10-22)19-21-11-14-24(30-5)15-12-21/h6-16,19-20H,17-18H2,1-4H3. The molecule has 30 heavy (non-hydrogen) atoms. The van der Waals surface area contributed by atoms with E-state index >= 15 is 0 Å². The van der Waals surface area contributed by atoms with E-state index in [2.05, 4.69) is 87.1 Å². The van der Waals surface area contributed by atoms with Crippen LogP contribution in [0, 0.1) is 6.57 Å². The number of nitrogens with zero attached hydrogens (tertiary/aromatic N) is 1. The van der Waals surface area contributed by atoms with Gasteiger partial charge in [-0.05, 0) is 63.1 Å². The fraction of sp³-hybridized carbons (Fsp3) is 0.276. The van der Waals surface area contributed by atoms with Gasteiger partial charge >= 0.3 is 0 Å². The summed E-state index contributed by atoms with van der Waals surface area (Å²) >= 11 is 0. The Balaban J connectivity index is 1.88. The molecule has 1 heteroatoms. The summed E-state index contributed by atoms with van der Waals surface area (Å²) < 4.78 is 0. The van der Waals surface area contributed by atoms with Crippen molar-refractivity contribution in [3.63, 3.8) is 0 Å². The second-order valence-electron chi connectivity index (χ2n) is 9.66. The molecule has 0 atom stereocenters. The van der Waals surface area contributed by atoms with Gasteiger partial charge in [-0.3, -0.25) is 0 Å². The lowest BCUT2D eigenvalue weighted by Gasteiger charge is -2.42.